The average Bonchev–Trinajstić information content (AvgIpc) is 3.85. The molecule has 0 aromatic heterocycles. The SMILES string of the molecule is CCCCC/C=C\C/C=C\CCCCCCCC(=O)OCC(COC(=O)CCC(OCCCCCCCC)OCCCCCCCC)COC(=O)OCC(CN1CCCC1)c1ccccc1. The Hall–Kier alpha value is -3.21. The number of esters is 2. The molecule has 10 heteroatoms. The van der Waals surface area contributed by atoms with Crippen molar-refractivity contribution in [2.24, 2.45) is 5.92 Å². The van der Waals surface area contributed by atoms with E-state index in [0.29, 0.717) is 26.1 Å². The van der Waals surface area contributed by atoms with Gasteiger partial charge in [-0.05, 0) is 82.9 Å². The predicted molar refractivity (Wildman–Crippen MR) is 269 cm³/mol. The van der Waals surface area contributed by atoms with E-state index in [4.69, 9.17) is 28.4 Å². The van der Waals surface area contributed by atoms with Crippen molar-refractivity contribution in [2.75, 3.05) is 59.3 Å². The Bertz CT molecular complexity index is 1330. The molecule has 1 heterocycles. The molecule has 1 aromatic carbocycles. The van der Waals surface area contributed by atoms with Crippen LogP contribution in [0.4, 0.5) is 4.79 Å². The van der Waals surface area contributed by atoms with Gasteiger partial charge in [0.2, 0.25) is 0 Å². The van der Waals surface area contributed by atoms with Gasteiger partial charge in [0.25, 0.3) is 0 Å². The predicted octanol–water partition coefficient (Wildman–Crippen LogP) is 14.4. The van der Waals surface area contributed by atoms with Crippen LogP contribution in [0.1, 0.15) is 212 Å². The van der Waals surface area contributed by atoms with E-state index in [1.807, 2.05) is 18.2 Å². The van der Waals surface area contributed by atoms with E-state index < -0.39 is 24.3 Å². The topological polar surface area (TPSA) is 110 Å². The third kappa shape index (κ3) is 34.1. The molecule has 1 aliphatic heterocycles. The molecule has 2 atom stereocenters. The van der Waals surface area contributed by atoms with Crippen molar-refractivity contribution in [1.29, 1.82) is 0 Å². The van der Waals surface area contributed by atoms with Gasteiger partial charge in [-0.25, -0.2) is 4.79 Å². The zero-order valence-corrected chi connectivity index (χ0v) is 42.2. The van der Waals surface area contributed by atoms with Crippen molar-refractivity contribution in [3.8, 4) is 0 Å². The average molecular weight is 926 g/mol. The van der Waals surface area contributed by atoms with Crippen molar-refractivity contribution in [2.45, 2.75) is 213 Å². The minimum absolute atomic E-state index is 0.0112. The second-order valence-corrected chi connectivity index (χ2v) is 18.4. The summed E-state index contributed by atoms with van der Waals surface area (Å²) in [6.07, 6.45) is 37.2. The molecule has 2 unspecified atom stereocenters. The number of ether oxygens (including phenoxy) is 6. The van der Waals surface area contributed by atoms with E-state index >= 15 is 0 Å². The Labute approximate surface area is 402 Å². The van der Waals surface area contributed by atoms with E-state index in [9.17, 15) is 14.4 Å². The van der Waals surface area contributed by atoms with Crippen LogP contribution in [0.5, 0.6) is 0 Å². The first-order valence-electron chi connectivity index (χ1n) is 26.9. The van der Waals surface area contributed by atoms with E-state index in [1.54, 1.807) is 0 Å². The van der Waals surface area contributed by atoms with E-state index in [0.717, 1.165) is 95.8 Å². The quantitative estimate of drug-likeness (QED) is 0.0206. The molecule has 0 radical (unpaired) electrons. The Balaban J connectivity index is 1.86. The Morgan fingerprint density at radius 2 is 1.03 bits per heavy atom. The molecule has 1 aliphatic rings. The number of hydrogen-bond acceptors (Lipinski definition) is 10. The number of hydrogen-bond donors (Lipinski definition) is 0. The monoisotopic (exact) mass is 926 g/mol. The van der Waals surface area contributed by atoms with Gasteiger partial charge in [-0.1, -0.05) is 172 Å². The summed E-state index contributed by atoms with van der Waals surface area (Å²) in [6.45, 7) is 10.7. The lowest BCUT2D eigenvalue weighted by molar-refractivity contribution is -0.161. The van der Waals surface area contributed by atoms with Crippen molar-refractivity contribution in [3.05, 3.63) is 60.2 Å². The second-order valence-electron chi connectivity index (χ2n) is 18.4. The fourth-order valence-corrected chi connectivity index (χ4v) is 8.09. The first kappa shape index (κ1) is 58.9. The number of carbonyl (C=O) groups excluding carboxylic acids is 3. The lowest BCUT2D eigenvalue weighted by atomic mass is 9.99. The molecular formula is C56H95NO9. The van der Waals surface area contributed by atoms with Crippen molar-refractivity contribution in [1.82, 2.24) is 4.90 Å². The Kier molecular flexibility index (Phi) is 38.5. The Morgan fingerprint density at radius 3 is 1.64 bits per heavy atom. The van der Waals surface area contributed by atoms with E-state index in [-0.39, 0.29) is 44.7 Å². The van der Waals surface area contributed by atoms with Crippen LogP contribution >= 0.6 is 0 Å². The molecule has 378 valence electrons. The largest absolute Gasteiger partial charge is 0.508 e. The van der Waals surface area contributed by atoms with Gasteiger partial charge < -0.3 is 33.3 Å². The van der Waals surface area contributed by atoms with Crippen molar-refractivity contribution >= 4 is 18.1 Å². The lowest BCUT2D eigenvalue weighted by Crippen LogP contribution is -2.30. The van der Waals surface area contributed by atoms with Crippen LogP contribution in [-0.4, -0.2) is 88.6 Å². The van der Waals surface area contributed by atoms with Crippen LogP contribution in [0.25, 0.3) is 0 Å². The Morgan fingerprint density at radius 1 is 0.545 bits per heavy atom. The summed E-state index contributed by atoms with van der Waals surface area (Å²) in [6, 6.07) is 10.1. The highest BCUT2D eigenvalue weighted by Crippen LogP contribution is 2.21. The molecule has 66 heavy (non-hydrogen) atoms. The molecule has 0 aliphatic carbocycles. The molecule has 1 aromatic rings. The number of likely N-dealkylation sites (tertiary alicyclic amines) is 1. The van der Waals surface area contributed by atoms with E-state index in [2.05, 4.69) is 62.1 Å². The highest BCUT2D eigenvalue weighted by Gasteiger charge is 2.23. The van der Waals surface area contributed by atoms with E-state index in [1.165, 1.54) is 89.9 Å². The molecule has 0 amide bonds. The number of allylic oxidation sites excluding steroid dienone is 4. The zero-order valence-electron chi connectivity index (χ0n) is 42.2. The van der Waals surface area contributed by atoms with Crippen LogP contribution in [0.2, 0.25) is 0 Å². The first-order chi connectivity index (χ1) is 32.4. The van der Waals surface area contributed by atoms with Gasteiger partial charge in [-0.15, -0.1) is 0 Å². The zero-order chi connectivity index (χ0) is 47.4. The highest BCUT2D eigenvalue weighted by atomic mass is 16.7. The standard InChI is InChI=1S/C56H95NO9/c1-4-7-10-13-16-17-18-19-20-21-22-23-24-25-31-38-53(58)63-46-50(48-65-56(60)66-49-52(45-57-41-32-33-42-57)51-36-29-28-30-37-51)47-64-54(59)39-40-55(61-43-34-26-14-11-8-5-2)62-44-35-27-15-12-9-6-3/h16-17,19-20,28-30,36-37,50,52,55H,4-15,18,21-27,31-35,38-49H2,1-3H3/b17-16-,20-19-. The fourth-order valence-electron chi connectivity index (χ4n) is 8.09. The van der Waals surface area contributed by atoms with Crippen molar-refractivity contribution < 1.29 is 42.8 Å². The first-order valence-corrected chi connectivity index (χ1v) is 26.9. The minimum atomic E-state index is -0.794. The van der Waals surface area contributed by atoms with Crippen molar-refractivity contribution in [3.63, 3.8) is 0 Å². The minimum Gasteiger partial charge on any atom is -0.465 e. The van der Waals surface area contributed by atoms with Gasteiger partial charge in [0, 0.05) is 38.5 Å². The van der Waals surface area contributed by atoms with Crippen LogP contribution in [-0.2, 0) is 38.0 Å². The van der Waals surface area contributed by atoms with Gasteiger partial charge in [0.15, 0.2) is 6.29 Å². The molecule has 2 rings (SSSR count). The van der Waals surface area contributed by atoms with Gasteiger partial charge in [0.05, 0.1) is 12.3 Å². The maximum absolute atomic E-state index is 13.1. The number of nitrogens with zero attached hydrogens (tertiary/aromatic N) is 1. The summed E-state index contributed by atoms with van der Waals surface area (Å²) in [7, 11) is 0. The second kappa shape index (κ2) is 43.1. The van der Waals surface area contributed by atoms with Gasteiger partial charge in [0.1, 0.15) is 26.4 Å². The normalized spacial score (nSPS) is 14.1. The third-order valence-corrected chi connectivity index (χ3v) is 12.3. The van der Waals surface area contributed by atoms with Gasteiger partial charge in [-0.3, -0.25) is 9.59 Å². The number of benzene rings is 1. The van der Waals surface area contributed by atoms with Crippen LogP contribution in [0, 0.1) is 5.92 Å². The molecule has 10 nitrogen and oxygen atoms in total. The molecule has 0 saturated carbocycles. The molecule has 0 spiro atoms. The summed E-state index contributed by atoms with van der Waals surface area (Å²) < 4.78 is 34.9. The summed E-state index contributed by atoms with van der Waals surface area (Å²) in [5.74, 6) is -1.24. The summed E-state index contributed by atoms with van der Waals surface area (Å²) >= 11 is 0. The van der Waals surface area contributed by atoms with Crippen LogP contribution in [0.3, 0.4) is 0 Å². The summed E-state index contributed by atoms with van der Waals surface area (Å²) in [5.41, 5.74) is 1.11. The van der Waals surface area contributed by atoms with Crippen LogP contribution in [0.15, 0.2) is 54.6 Å². The maximum atomic E-state index is 13.1. The third-order valence-electron chi connectivity index (χ3n) is 12.3. The fraction of sp³-hybridized carbons (Fsp3) is 0.768. The number of unbranched alkanes of at least 4 members (excludes halogenated alkanes) is 18. The molecular weight excluding hydrogens is 831 g/mol. The molecule has 0 N–H and O–H groups in total. The number of carbonyl (C=O) groups is 3. The smallest absolute Gasteiger partial charge is 0.465 e. The van der Waals surface area contributed by atoms with Gasteiger partial charge >= 0.3 is 18.1 Å². The molecule has 1 fully saturated rings. The highest BCUT2D eigenvalue weighted by molar-refractivity contribution is 5.69. The molecule has 1 saturated heterocycles. The van der Waals surface area contributed by atoms with Gasteiger partial charge in [-0.2, -0.15) is 0 Å². The van der Waals surface area contributed by atoms with Crippen LogP contribution < -0.4 is 0 Å². The number of rotatable bonds is 44. The molecule has 0 bridgehead atoms. The maximum Gasteiger partial charge on any atom is 0.508 e. The summed E-state index contributed by atoms with van der Waals surface area (Å²) in [4.78, 5) is 41.3. The summed E-state index contributed by atoms with van der Waals surface area (Å²) in [5, 5.41) is 0. The lowest BCUT2D eigenvalue weighted by Gasteiger charge is -2.24.